The van der Waals surface area contributed by atoms with Crippen molar-refractivity contribution in [2.24, 2.45) is 5.73 Å². The van der Waals surface area contributed by atoms with Crippen LogP contribution in [-0.2, 0) is 20.7 Å². The summed E-state index contributed by atoms with van der Waals surface area (Å²) in [6.07, 6.45) is -5.12. The van der Waals surface area contributed by atoms with E-state index in [9.17, 15) is 39.9 Å². The first-order valence-corrected chi connectivity index (χ1v) is 12.4. The van der Waals surface area contributed by atoms with E-state index in [2.05, 4.69) is 0 Å². The van der Waals surface area contributed by atoms with Gasteiger partial charge in [0, 0.05) is 42.0 Å². The smallest absolute Gasteiger partial charge is 0.202 e. The molecule has 0 unspecified atom stereocenters. The molecular formula is C27H29NO11. The molecule has 6 atom stereocenters. The van der Waals surface area contributed by atoms with E-state index in [0.717, 1.165) is 0 Å². The Kier molecular flexibility index (Phi) is 6.74. The van der Waals surface area contributed by atoms with Crippen LogP contribution in [0, 0.1) is 0 Å². The summed E-state index contributed by atoms with van der Waals surface area (Å²) in [5.74, 6) is -3.77. The van der Waals surface area contributed by atoms with Crippen molar-refractivity contribution in [1.29, 1.82) is 0 Å². The molecule has 0 radical (unpaired) electrons. The van der Waals surface area contributed by atoms with Crippen molar-refractivity contribution < 1.29 is 54.1 Å². The minimum atomic E-state index is -2.24. The number of hydrogen-bond acceptors (Lipinski definition) is 12. The molecule has 2 aromatic rings. The molecule has 1 heterocycles. The Bertz CT molecular complexity index is 1380. The molecule has 0 saturated carbocycles. The van der Waals surface area contributed by atoms with Crippen molar-refractivity contribution in [2.75, 3.05) is 13.7 Å². The molecule has 1 saturated heterocycles. The first kappa shape index (κ1) is 27.2. The maximum absolute atomic E-state index is 13.6. The van der Waals surface area contributed by atoms with Gasteiger partial charge in [0.1, 0.15) is 29.5 Å². The lowest BCUT2D eigenvalue weighted by Crippen LogP contribution is -2.53. The predicted molar refractivity (Wildman–Crippen MR) is 132 cm³/mol. The summed E-state index contributed by atoms with van der Waals surface area (Å²) < 4.78 is 17.0. The van der Waals surface area contributed by atoms with Gasteiger partial charge in [-0.2, -0.15) is 0 Å². The highest BCUT2D eigenvalue weighted by molar-refractivity contribution is 6.31. The van der Waals surface area contributed by atoms with E-state index >= 15 is 0 Å². The van der Waals surface area contributed by atoms with Crippen LogP contribution in [0.3, 0.4) is 0 Å². The van der Waals surface area contributed by atoms with E-state index in [1.54, 1.807) is 6.92 Å². The fraction of sp³-hybridized carbons (Fsp3) is 0.444. The second kappa shape index (κ2) is 9.66. The highest BCUT2D eigenvalue weighted by atomic mass is 16.7. The number of fused-ring (bicyclic) bond motifs is 3. The molecule has 2 aromatic carbocycles. The zero-order valence-electron chi connectivity index (χ0n) is 21.2. The zero-order chi connectivity index (χ0) is 28.4. The van der Waals surface area contributed by atoms with Crippen LogP contribution in [0.15, 0.2) is 18.2 Å². The number of phenolic OH excluding ortho intramolecular Hbond substituents is 2. The van der Waals surface area contributed by atoms with E-state index in [-0.39, 0.29) is 34.4 Å². The Balaban J connectivity index is 1.69. The Labute approximate surface area is 222 Å². The van der Waals surface area contributed by atoms with Gasteiger partial charge in [-0.05, 0) is 13.0 Å². The fourth-order valence-corrected chi connectivity index (χ4v) is 5.75. The van der Waals surface area contributed by atoms with E-state index in [1.807, 2.05) is 0 Å². The number of benzene rings is 2. The normalized spacial score (nSPS) is 29.8. The van der Waals surface area contributed by atoms with Crippen LogP contribution in [0.5, 0.6) is 17.2 Å². The lowest BCUT2D eigenvalue weighted by Gasteiger charge is -2.42. The molecule has 7 N–H and O–H groups in total. The third kappa shape index (κ3) is 4.11. The van der Waals surface area contributed by atoms with Crippen molar-refractivity contribution >= 4 is 17.3 Å². The van der Waals surface area contributed by atoms with Crippen molar-refractivity contribution in [1.82, 2.24) is 0 Å². The summed E-state index contributed by atoms with van der Waals surface area (Å²) in [6.45, 7) is 0.560. The summed E-state index contributed by atoms with van der Waals surface area (Å²) in [5, 5.41) is 53.7. The molecule has 12 nitrogen and oxygen atoms in total. The Morgan fingerprint density at radius 2 is 1.85 bits per heavy atom. The topological polar surface area (TPSA) is 206 Å². The number of Topliss-reactive ketones (excluding diaryl/α,β-unsaturated/α-hetero) is 1. The van der Waals surface area contributed by atoms with E-state index in [4.69, 9.17) is 19.9 Å². The number of carbonyl (C=O) groups excluding carboxylic acids is 3. The van der Waals surface area contributed by atoms with Gasteiger partial charge >= 0.3 is 0 Å². The molecule has 208 valence electrons. The Hall–Kier alpha value is -3.39. The number of aliphatic hydroxyl groups excluding tert-OH is 2. The van der Waals surface area contributed by atoms with Gasteiger partial charge in [0.15, 0.2) is 17.9 Å². The van der Waals surface area contributed by atoms with Crippen LogP contribution in [0.4, 0.5) is 0 Å². The number of aliphatic hydroxyl groups is 3. The van der Waals surface area contributed by atoms with Crippen LogP contribution in [0.25, 0.3) is 0 Å². The number of aromatic hydroxyl groups is 2. The highest BCUT2D eigenvalue weighted by Gasteiger charge is 2.50. The van der Waals surface area contributed by atoms with Gasteiger partial charge in [0.05, 0.1) is 42.1 Å². The van der Waals surface area contributed by atoms with Gasteiger partial charge in [-0.3, -0.25) is 14.4 Å². The second-order valence-corrected chi connectivity index (χ2v) is 10.2. The van der Waals surface area contributed by atoms with Gasteiger partial charge in [-0.25, -0.2) is 0 Å². The van der Waals surface area contributed by atoms with Crippen molar-refractivity contribution in [2.45, 2.75) is 62.4 Å². The lowest BCUT2D eigenvalue weighted by molar-refractivity contribution is -0.247. The summed E-state index contributed by atoms with van der Waals surface area (Å²) in [7, 11) is 1.32. The second-order valence-electron chi connectivity index (χ2n) is 10.2. The number of hydrogen-bond donors (Lipinski definition) is 6. The average molecular weight is 544 g/mol. The molecule has 12 heteroatoms. The van der Waals surface area contributed by atoms with Crippen molar-refractivity contribution in [3.05, 3.63) is 51.6 Å². The Morgan fingerprint density at radius 1 is 1.15 bits per heavy atom. The summed E-state index contributed by atoms with van der Waals surface area (Å²) in [4.78, 5) is 39.7. The van der Waals surface area contributed by atoms with Gasteiger partial charge in [-0.15, -0.1) is 0 Å². The summed E-state index contributed by atoms with van der Waals surface area (Å²) in [6, 6.07) is 3.64. The number of nitrogens with two attached hydrogens (primary N) is 1. The molecular weight excluding hydrogens is 514 g/mol. The minimum absolute atomic E-state index is 0.0173. The monoisotopic (exact) mass is 543 g/mol. The maximum atomic E-state index is 13.6. The van der Waals surface area contributed by atoms with Gasteiger partial charge in [0.2, 0.25) is 5.78 Å². The van der Waals surface area contributed by atoms with Gasteiger partial charge < -0.3 is 45.5 Å². The first-order valence-electron chi connectivity index (χ1n) is 12.4. The average Bonchev–Trinajstić information content (AvgIpc) is 2.90. The van der Waals surface area contributed by atoms with Crippen LogP contribution in [0.1, 0.15) is 68.8 Å². The van der Waals surface area contributed by atoms with E-state index in [0.29, 0.717) is 0 Å². The van der Waals surface area contributed by atoms with E-state index < -0.39 is 95.7 Å². The van der Waals surface area contributed by atoms with Gasteiger partial charge in [0.25, 0.3) is 0 Å². The predicted octanol–water partition coefficient (Wildman–Crippen LogP) is 0.00130. The molecule has 1 fully saturated rings. The quantitative estimate of drug-likeness (QED) is 0.235. The molecule has 0 amide bonds. The third-order valence-corrected chi connectivity index (χ3v) is 7.81. The molecule has 0 bridgehead atoms. The SMILES string of the molecule is COc1cccc2c1C(=O)c1c(O)c3c(c(O)c1C2=O)C[C@](O)(C(=O)CO)C[C@@H]3O[C@@H]1C[C@H](N)[C@@H](O)[C@@H](C)O1. The zero-order valence-corrected chi connectivity index (χ0v) is 21.2. The van der Waals surface area contributed by atoms with Crippen molar-refractivity contribution in [3.8, 4) is 17.2 Å². The first-order chi connectivity index (χ1) is 18.4. The minimum Gasteiger partial charge on any atom is -0.507 e. The molecule has 0 aromatic heterocycles. The van der Waals surface area contributed by atoms with Crippen LogP contribution in [-0.4, -0.2) is 86.7 Å². The summed E-state index contributed by atoms with van der Waals surface area (Å²) in [5.41, 5.74) is 2.37. The molecule has 1 aliphatic heterocycles. The van der Waals surface area contributed by atoms with Crippen molar-refractivity contribution in [3.63, 3.8) is 0 Å². The molecule has 39 heavy (non-hydrogen) atoms. The van der Waals surface area contributed by atoms with Crippen LogP contribution >= 0.6 is 0 Å². The Morgan fingerprint density at radius 3 is 2.49 bits per heavy atom. The van der Waals surface area contributed by atoms with E-state index in [1.165, 1.54) is 25.3 Å². The largest absolute Gasteiger partial charge is 0.507 e. The number of ketones is 3. The number of phenols is 2. The number of carbonyl (C=O) groups is 3. The third-order valence-electron chi connectivity index (χ3n) is 7.81. The highest BCUT2D eigenvalue weighted by Crippen LogP contribution is 2.52. The molecule has 3 aliphatic rings. The number of ether oxygens (including phenoxy) is 3. The standard InChI is InChI=1S/C27H29NO11/c1-10-22(31)13(28)6-17(38-10)39-15-8-27(36,16(30)9-29)7-12-19(15)26(35)21-20(24(12)33)23(32)11-4-3-5-14(37-2)18(11)25(21)34/h3-5,10,13,15,17,22,29,31,33,35-36H,6-9,28H2,1-2H3/t10-,13+,15+,17-,22+,27-/m1/s1. The van der Waals surface area contributed by atoms with Crippen LogP contribution < -0.4 is 10.5 Å². The fourth-order valence-electron chi connectivity index (χ4n) is 5.75. The molecule has 5 rings (SSSR count). The molecule has 0 spiro atoms. The van der Waals surface area contributed by atoms with Crippen LogP contribution in [0.2, 0.25) is 0 Å². The maximum Gasteiger partial charge on any atom is 0.202 e. The summed E-state index contributed by atoms with van der Waals surface area (Å²) >= 11 is 0. The molecule has 2 aliphatic carbocycles. The van der Waals surface area contributed by atoms with Gasteiger partial charge in [-0.1, -0.05) is 12.1 Å². The lowest BCUT2D eigenvalue weighted by atomic mass is 9.72. The number of methoxy groups -OCH3 is 1. The number of rotatable bonds is 5.